The zero-order valence-electron chi connectivity index (χ0n) is 13.2. The molecule has 0 saturated carbocycles. The van der Waals surface area contributed by atoms with Gasteiger partial charge in [-0.1, -0.05) is 0 Å². The van der Waals surface area contributed by atoms with Crippen molar-refractivity contribution in [2.24, 2.45) is 0 Å². The second-order valence-electron chi connectivity index (χ2n) is 5.15. The van der Waals surface area contributed by atoms with Gasteiger partial charge in [-0.05, 0) is 50.5 Å². The minimum Gasteiger partial charge on any atom is -0.496 e. The number of benzene rings is 1. The fourth-order valence-corrected chi connectivity index (χ4v) is 4.02. The number of rotatable bonds is 6. The van der Waals surface area contributed by atoms with E-state index in [2.05, 4.69) is 0 Å². The van der Waals surface area contributed by atoms with Gasteiger partial charge in [0.05, 0.1) is 18.1 Å². The van der Waals surface area contributed by atoms with E-state index in [9.17, 15) is 18.3 Å². The Balaban J connectivity index is 3.41. The first-order chi connectivity index (χ1) is 10.0. The molecule has 0 bridgehead atoms. The number of hydrogen-bond donors (Lipinski definition) is 3. The summed E-state index contributed by atoms with van der Waals surface area (Å²) in [6, 6.07) is -0.0408. The topological polar surface area (TPSA) is 113 Å². The molecule has 3 N–H and O–H groups in total. The van der Waals surface area contributed by atoms with Crippen molar-refractivity contribution in [2.45, 2.75) is 44.7 Å². The van der Waals surface area contributed by atoms with Crippen LogP contribution in [0.4, 0.5) is 0 Å². The van der Waals surface area contributed by atoms with Gasteiger partial charge in [-0.15, -0.1) is 0 Å². The Labute approximate surface area is 130 Å². The third-order valence-electron chi connectivity index (χ3n) is 3.50. The predicted octanol–water partition coefficient (Wildman–Crippen LogP) is 0.733. The van der Waals surface area contributed by atoms with E-state index < -0.39 is 28.1 Å². The average molecular weight is 331 g/mol. The van der Waals surface area contributed by atoms with Gasteiger partial charge in [0.1, 0.15) is 11.8 Å². The molecule has 0 aliphatic carbocycles. The van der Waals surface area contributed by atoms with Gasteiger partial charge in [0, 0.05) is 0 Å². The Morgan fingerprint density at radius 3 is 2.23 bits per heavy atom. The summed E-state index contributed by atoms with van der Waals surface area (Å²) < 4.78 is 32.3. The van der Waals surface area contributed by atoms with Crippen LogP contribution in [0.25, 0.3) is 0 Å². The van der Waals surface area contributed by atoms with Crippen LogP contribution in [0.3, 0.4) is 0 Å². The summed E-state index contributed by atoms with van der Waals surface area (Å²) in [5.74, 6) is -0.890. The molecule has 0 heterocycles. The Morgan fingerprint density at radius 1 is 1.27 bits per heavy atom. The molecule has 2 unspecified atom stereocenters. The third-order valence-corrected chi connectivity index (χ3v) is 5.23. The molecule has 0 aliphatic rings. The van der Waals surface area contributed by atoms with E-state index in [-0.39, 0.29) is 4.90 Å². The van der Waals surface area contributed by atoms with Crippen LogP contribution in [-0.4, -0.2) is 43.9 Å². The van der Waals surface area contributed by atoms with Crippen LogP contribution in [0.2, 0.25) is 0 Å². The number of aliphatic hydroxyl groups excluding tert-OH is 1. The maximum atomic E-state index is 12.5. The zero-order chi connectivity index (χ0) is 17.2. The highest BCUT2D eigenvalue weighted by atomic mass is 32.2. The number of carboxylic acids is 1. The van der Waals surface area contributed by atoms with Crippen molar-refractivity contribution in [1.82, 2.24) is 4.72 Å². The molecular weight excluding hydrogens is 310 g/mol. The molecule has 1 aromatic carbocycles. The number of aliphatic carboxylic acids is 1. The highest BCUT2D eigenvalue weighted by molar-refractivity contribution is 7.89. The van der Waals surface area contributed by atoms with E-state index in [1.807, 2.05) is 4.72 Å². The van der Waals surface area contributed by atoms with Crippen molar-refractivity contribution in [3.05, 3.63) is 22.8 Å². The molecular formula is C14H21NO6S. The van der Waals surface area contributed by atoms with Gasteiger partial charge in [-0.3, -0.25) is 4.79 Å². The van der Waals surface area contributed by atoms with Crippen LogP contribution in [0.5, 0.6) is 5.75 Å². The summed E-state index contributed by atoms with van der Waals surface area (Å²) >= 11 is 0. The minimum atomic E-state index is -4.10. The fourth-order valence-electron chi connectivity index (χ4n) is 2.23. The molecule has 0 aliphatic heterocycles. The number of ether oxygens (including phenoxy) is 1. The number of carboxylic acid groups (broad SMARTS) is 1. The maximum absolute atomic E-state index is 12.5. The summed E-state index contributed by atoms with van der Waals surface area (Å²) in [6.07, 6.45) is -1.37. The van der Waals surface area contributed by atoms with Gasteiger partial charge in [-0.2, -0.15) is 4.72 Å². The average Bonchev–Trinajstić information content (AvgIpc) is 2.39. The second-order valence-corrected chi connectivity index (χ2v) is 6.80. The molecule has 1 aromatic rings. The Kier molecular flexibility index (Phi) is 5.55. The minimum absolute atomic E-state index is 0.00213. The predicted molar refractivity (Wildman–Crippen MR) is 80.6 cm³/mol. The molecule has 0 saturated heterocycles. The summed E-state index contributed by atoms with van der Waals surface area (Å²) in [5.41, 5.74) is 1.55. The van der Waals surface area contributed by atoms with Crippen molar-refractivity contribution >= 4 is 16.0 Å². The quantitative estimate of drug-likeness (QED) is 0.708. The lowest BCUT2D eigenvalue weighted by atomic mass is 10.1. The first-order valence-corrected chi connectivity index (χ1v) is 8.09. The SMILES string of the molecule is COc1cc(C)c(S(=O)(=O)NC(C(=O)O)C(C)O)c(C)c1C. The van der Waals surface area contributed by atoms with Crippen molar-refractivity contribution in [3.63, 3.8) is 0 Å². The van der Waals surface area contributed by atoms with Crippen molar-refractivity contribution in [1.29, 1.82) is 0 Å². The van der Waals surface area contributed by atoms with Crippen LogP contribution < -0.4 is 9.46 Å². The maximum Gasteiger partial charge on any atom is 0.324 e. The molecule has 2 atom stereocenters. The van der Waals surface area contributed by atoms with E-state index in [0.717, 1.165) is 0 Å². The van der Waals surface area contributed by atoms with Gasteiger partial charge in [-0.25, -0.2) is 8.42 Å². The lowest BCUT2D eigenvalue weighted by molar-refractivity contribution is -0.141. The molecule has 0 spiro atoms. The molecule has 0 radical (unpaired) electrons. The molecule has 0 amide bonds. The van der Waals surface area contributed by atoms with E-state index in [4.69, 9.17) is 9.84 Å². The van der Waals surface area contributed by atoms with Crippen molar-refractivity contribution in [3.8, 4) is 5.75 Å². The third kappa shape index (κ3) is 3.57. The lowest BCUT2D eigenvalue weighted by Gasteiger charge is -2.20. The molecule has 22 heavy (non-hydrogen) atoms. The summed E-state index contributed by atoms with van der Waals surface area (Å²) in [6.45, 7) is 6.15. The molecule has 1 rings (SSSR count). The van der Waals surface area contributed by atoms with Crippen molar-refractivity contribution < 1.29 is 28.2 Å². The van der Waals surface area contributed by atoms with E-state index in [1.54, 1.807) is 26.8 Å². The monoisotopic (exact) mass is 331 g/mol. The number of nitrogens with one attached hydrogen (secondary N) is 1. The van der Waals surface area contributed by atoms with Crippen molar-refractivity contribution in [2.75, 3.05) is 7.11 Å². The smallest absolute Gasteiger partial charge is 0.324 e. The van der Waals surface area contributed by atoms with E-state index in [0.29, 0.717) is 22.4 Å². The summed E-state index contributed by atoms with van der Waals surface area (Å²) in [4.78, 5) is 11.1. The van der Waals surface area contributed by atoms with Gasteiger partial charge < -0.3 is 14.9 Å². The Hall–Kier alpha value is -1.64. The largest absolute Gasteiger partial charge is 0.496 e. The second kappa shape index (κ2) is 6.64. The molecule has 124 valence electrons. The number of aliphatic hydroxyl groups is 1. The normalized spacial score (nSPS) is 14.5. The molecule has 0 aromatic heterocycles. The van der Waals surface area contributed by atoms with E-state index >= 15 is 0 Å². The Morgan fingerprint density at radius 2 is 1.82 bits per heavy atom. The first kappa shape index (κ1) is 18.4. The number of sulfonamides is 1. The molecule has 0 fully saturated rings. The number of carbonyl (C=O) groups is 1. The summed E-state index contributed by atoms with van der Waals surface area (Å²) in [7, 11) is -2.62. The first-order valence-electron chi connectivity index (χ1n) is 6.61. The van der Waals surface area contributed by atoms with E-state index in [1.165, 1.54) is 14.0 Å². The standard InChI is InChI=1S/C14H21NO6S/c1-7-6-11(21-5)8(2)9(3)13(7)22(19,20)15-12(10(4)16)14(17)18/h6,10,12,15-16H,1-5H3,(H,17,18). The number of aryl methyl sites for hydroxylation is 1. The zero-order valence-corrected chi connectivity index (χ0v) is 14.0. The Bertz CT molecular complexity index is 681. The van der Waals surface area contributed by atoms with Crippen LogP contribution >= 0.6 is 0 Å². The highest BCUT2D eigenvalue weighted by Crippen LogP contribution is 2.30. The van der Waals surface area contributed by atoms with Crippen LogP contribution in [0.1, 0.15) is 23.6 Å². The van der Waals surface area contributed by atoms with Crippen LogP contribution in [0, 0.1) is 20.8 Å². The molecule has 8 heteroatoms. The number of hydrogen-bond acceptors (Lipinski definition) is 5. The highest BCUT2D eigenvalue weighted by Gasteiger charge is 2.31. The van der Waals surface area contributed by atoms with Gasteiger partial charge in [0.2, 0.25) is 10.0 Å². The van der Waals surface area contributed by atoms with Gasteiger partial charge >= 0.3 is 5.97 Å². The molecule has 7 nitrogen and oxygen atoms in total. The van der Waals surface area contributed by atoms with Crippen LogP contribution in [0.15, 0.2) is 11.0 Å². The van der Waals surface area contributed by atoms with Gasteiger partial charge in [0.25, 0.3) is 0 Å². The summed E-state index contributed by atoms with van der Waals surface area (Å²) in [5, 5.41) is 18.5. The lowest BCUT2D eigenvalue weighted by Crippen LogP contribution is -2.47. The fraction of sp³-hybridized carbons (Fsp3) is 0.500. The van der Waals surface area contributed by atoms with Crippen LogP contribution in [-0.2, 0) is 14.8 Å². The van der Waals surface area contributed by atoms with Gasteiger partial charge in [0.15, 0.2) is 0 Å². The number of methoxy groups -OCH3 is 1.